The summed E-state index contributed by atoms with van der Waals surface area (Å²) in [6, 6.07) is 11.7. The van der Waals surface area contributed by atoms with E-state index in [0.717, 1.165) is 26.2 Å². The van der Waals surface area contributed by atoms with E-state index in [2.05, 4.69) is 54.0 Å². The maximum absolute atomic E-state index is 5.97. The van der Waals surface area contributed by atoms with E-state index in [4.69, 9.17) is 5.73 Å². The van der Waals surface area contributed by atoms with Gasteiger partial charge in [0.05, 0.1) is 0 Å². The lowest BCUT2D eigenvalue weighted by Gasteiger charge is -2.40. The molecule has 2 N–H and O–H groups in total. The van der Waals surface area contributed by atoms with Gasteiger partial charge in [0.1, 0.15) is 0 Å². The molecule has 0 radical (unpaired) electrons. The van der Waals surface area contributed by atoms with E-state index >= 15 is 0 Å². The van der Waals surface area contributed by atoms with Gasteiger partial charge in [-0.05, 0) is 19.4 Å². The Morgan fingerprint density at radius 2 is 1.56 bits per heavy atom. The summed E-state index contributed by atoms with van der Waals surface area (Å²) in [5.74, 6) is 0. The lowest BCUT2D eigenvalue weighted by atomic mass is 10.0. The van der Waals surface area contributed by atoms with E-state index in [1.54, 1.807) is 0 Å². The molecule has 1 fully saturated rings. The van der Waals surface area contributed by atoms with Crippen molar-refractivity contribution in [3.63, 3.8) is 0 Å². The third-order valence-corrected chi connectivity index (χ3v) is 3.93. The van der Waals surface area contributed by atoms with Crippen LogP contribution >= 0.6 is 0 Å². The minimum Gasteiger partial charge on any atom is -0.329 e. The standard InChI is InChI=1S/C15H25N3/c1-13(2)17-8-10-18(11-9-17)15(12-16)14-6-4-3-5-7-14/h3-7,13,15H,8-12,16H2,1-2H3. The highest BCUT2D eigenvalue weighted by Gasteiger charge is 2.24. The summed E-state index contributed by atoms with van der Waals surface area (Å²) >= 11 is 0. The van der Waals surface area contributed by atoms with E-state index in [9.17, 15) is 0 Å². The average molecular weight is 247 g/mol. The van der Waals surface area contributed by atoms with Gasteiger partial charge in [0.15, 0.2) is 0 Å². The first kappa shape index (κ1) is 13.5. The second-order valence-corrected chi connectivity index (χ2v) is 5.33. The number of hydrogen-bond acceptors (Lipinski definition) is 3. The summed E-state index contributed by atoms with van der Waals surface area (Å²) in [4.78, 5) is 5.06. The number of rotatable bonds is 4. The van der Waals surface area contributed by atoms with E-state index < -0.39 is 0 Å². The van der Waals surface area contributed by atoms with Crippen LogP contribution in [0.3, 0.4) is 0 Å². The molecule has 0 amide bonds. The molecule has 1 aromatic carbocycles. The molecular formula is C15H25N3. The van der Waals surface area contributed by atoms with Crippen molar-refractivity contribution in [1.29, 1.82) is 0 Å². The highest BCUT2D eigenvalue weighted by molar-refractivity contribution is 5.19. The molecule has 1 saturated heterocycles. The van der Waals surface area contributed by atoms with Crippen LogP contribution in [0.4, 0.5) is 0 Å². The zero-order valence-corrected chi connectivity index (χ0v) is 11.5. The number of nitrogens with two attached hydrogens (primary N) is 1. The molecule has 3 heteroatoms. The predicted octanol–water partition coefficient (Wildman–Crippen LogP) is 1.71. The molecule has 3 nitrogen and oxygen atoms in total. The summed E-state index contributed by atoms with van der Waals surface area (Å²) in [7, 11) is 0. The summed E-state index contributed by atoms with van der Waals surface area (Å²) in [5, 5.41) is 0. The first-order valence-corrected chi connectivity index (χ1v) is 6.95. The van der Waals surface area contributed by atoms with Crippen molar-refractivity contribution in [2.24, 2.45) is 5.73 Å². The normalized spacial score (nSPS) is 20.2. The van der Waals surface area contributed by atoms with Crippen molar-refractivity contribution in [2.75, 3.05) is 32.7 Å². The van der Waals surface area contributed by atoms with Crippen molar-refractivity contribution >= 4 is 0 Å². The van der Waals surface area contributed by atoms with Crippen LogP contribution in [0.25, 0.3) is 0 Å². The van der Waals surface area contributed by atoms with Crippen LogP contribution in [0.5, 0.6) is 0 Å². The Labute approximate surface area is 111 Å². The number of piperazine rings is 1. The van der Waals surface area contributed by atoms with Crippen LogP contribution in [0, 0.1) is 0 Å². The molecule has 18 heavy (non-hydrogen) atoms. The van der Waals surface area contributed by atoms with E-state index in [-0.39, 0.29) is 0 Å². The van der Waals surface area contributed by atoms with Crippen LogP contribution in [0.1, 0.15) is 25.5 Å². The maximum Gasteiger partial charge on any atom is 0.0471 e. The quantitative estimate of drug-likeness (QED) is 0.879. The van der Waals surface area contributed by atoms with Crippen LogP contribution in [-0.2, 0) is 0 Å². The number of nitrogens with zero attached hydrogens (tertiary/aromatic N) is 2. The van der Waals surface area contributed by atoms with Crippen molar-refractivity contribution in [3.8, 4) is 0 Å². The van der Waals surface area contributed by atoms with Gasteiger partial charge < -0.3 is 5.73 Å². The highest BCUT2D eigenvalue weighted by Crippen LogP contribution is 2.21. The molecule has 0 bridgehead atoms. The highest BCUT2D eigenvalue weighted by atomic mass is 15.3. The molecule has 2 rings (SSSR count). The average Bonchev–Trinajstić information content (AvgIpc) is 2.41. The largest absolute Gasteiger partial charge is 0.329 e. The van der Waals surface area contributed by atoms with E-state index in [1.165, 1.54) is 5.56 Å². The zero-order valence-electron chi connectivity index (χ0n) is 11.5. The fourth-order valence-electron chi connectivity index (χ4n) is 2.74. The topological polar surface area (TPSA) is 32.5 Å². The Kier molecular flexibility index (Phi) is 4.75. The first-order chi connectivity index (χ1) is 8.72. The lowest BCUT2D eigenvalue weighted by molar-refractivity contribution is 0.0802. The summed E-state index contributed by atoms with van der Waals surface area (Å²) in [6.45, 7) is 9.79. The fraction of sp³-hybridized carbons (Fsp3) is 0.600. The van der Waals surface area contributed by atoms with Gasteiger partial charge in [-0.1, -0.05) is 30.3 Å². The van der Waals surface area contributed by atoms with Crippen LogP contribution < -0.4 is 5.73 Å². The van der Waals surface area contributed by atoms with Crippen molar-refractivity contribution < 1.29 is 0 Å². The third kappa shape index (κ3) is 3.10. The molecule has 1 aliphatic rings. The van der Waals surface area contributed by atoms with Crippen molar-refractivity contribution in [2.45, 2.75) is 25.9 Å². The smallest absolute Gasteiger partial charge is 0.0471 e. The Balaban J connectivity index is 1.99. The maximum atomic E-state index is 5.97. The predicted molar refractivity (Wildman–Crippen MR) is 76.5 cm³/mol. The van der Waals surface area contributed by atoms with E-state index in [0.29, 0.717) is 18.6 Å². The Bertz CT molecular complexity index is 342. The second-order valence-electron chi connectivity index (χ2n) is 5.33. The van der Waals surface area contributed by atoms with Gasteiger partial charge in [0.25, 0.3) is 0 Å². The lowest BCUT2D eigenvalue weighted by Crippen LogP contribution is -2.50. The molecule has 1 unspecified atom stereocenters. The van der Waals surface area contributed by atoms with Gasteiger partial charge in [0, 0.05) is 44.8 Å². The Morgan fingerprint density at radius 1 is 1.00 bits per heavy atom. The minimum atomic E-state index is 0.375. The molecular weight excluding hydrogens is 222 g/mol. The molecule has 1 heterocycles. The molecule has 0 aromatic heterocycles. The molecule has 1 atom stereocenters. The van der Waals surface area contributed by atoms with Gasteiger partial charge in [-0.3, -0.25) is 9.80 Å². The molecule has 1 aromatic rings. The summed E-state index contributed by atoms with van der Waals surface area (Å²) in [5.41, 5.74) is 7.32. The van der Waals surface area contributed by atoms with Gasteiger partial charge in [-0.15, -0.1) is 0 Å². The number of benzene rings is 1. The monoisotopic (exact) mass is 247 g/mol. The summed E-state index contributed by atoms with van der Waals surface area (Å²) in [6.07, 6.45) is 0. The SMILES string of the molecule is CC(C)N1CCN(C(CN)c2ccccc2)CC1. The van der Waals surface area contributed by atoms with Crippen LogP contribution in [0.15, 0.2) is 30.3 Å². The third-order valence-electron chi connectivity index (χ3n) is 3.93. The second kappa shape index (κ2) is 6.32. The fourth-order valence-corrected chi connectivity index (χ4v) is 2.74. The van der Waals surface area contributed by atoms with Crippen LogP contribution in [0.2, 0.25) is 0 Å². The molecule has 0 saturated carbocycles. The van der Waals surface area contributed by atoms with Crippen molar-refractivity contribution in [3.05, 3.63) is 35.9 Å². The first-order valence-electron chi connectivity index (χ1n) is 6.95. The molecule has 1 aliphatic heterocycles. The Morgan fingerprint density at radius 3 is 2.06 bits per heavy atom. The van der Waals surface area contributed by atoms with Crippen LogP contribution in [-0.4, -0.2) is 48.6 Å². The minimum absolute atomic E-state index is 0.375. The molecule has 0 aliphatic carbocycles. The number of hydrogen-bond donors (Lipinski definition) is 1. The summed E-state index contributed by atoms with van der Waals surface area (Å²) < 4.78 is 0. The van der Waals surface area contributed by atoms with Gasteiger partial charge in [-0.2, -0.15) is 0 Å². The van der Waals surface area contributed by atoms with Gasteiger partial charge in [-0.25, -0.2) is 0 Å². The van der Waals surface area contributed by atoms with E-state index in [1.807, 2.05) is 0 Å². The van der Waals surface area contributed by atoms with Gasteiger partial charge >= 0.3 is 0 Å². The zero-order chi connectivity index (χ0) is 13.0. The van der Waals surface area contributed by atoms with Crippen molar-refractivity contribution in [1.82, 2.24) is 9.80 Å². The Hall–Kier alpha value is -0.900. The molecule has 100 valence electrons. The molecule has 0 spiro atoms. The van der Waals surface area contributed by atoms with Gasteiger partial charge in [0.2, 0.25) is 0 Å².